The Kier molecular flexibility index (Phi) is 106. The summed E-state index contributed by atoms with van der Waals surface area (Å²) in [6, 6.07) is 0. The van der Waals surface area contributed by atoms with Crippen molar-refractivity contribution in [1.29, 1.82) is 0 Å². The van der Waals surface area contributed by atoms with E-state index in [-0.39, 0.29) is 0 Å². The van der Waals surface area contributed by atoms with E-state index >= 15 is 0 Å². The van der Waals surface area contributed by atoms with Crippen molar-refractivity contribution < 1.29 is 171 Å². The zero-order chi connectivity index (χ0) is 78.4. The number of rotatable bonds is 107. The van der Waals surface area contributed by atoms with Crippen LogP contribution in [0.15, 0.2) is 0 Å². The van der Waals surface area contributed by atoms with Crippen LogP contribution in [0.1, 0.15) is 0 Å². The SMILES string of the molecule is COCCOCCOCCOCCOCCOCCOCCOCCOCCOCCOCCOCCOCCOCCOCCOCCOCCOCCOCCOCCOCCOCCOCCOCCOCCOCCOCCOCCOCCOCCOCCOCCOCCOCCOCCOCCN. The van der Waals surface area contributed by atoms with Crippen LogP contribution in [-0.2, 0) is 171 Å². The number of ether oxygens (including phenoxy) is 36. The van der Waals surface area contributed by atoms with Crippen LogP contribution in [0.25, 0.3) is 0 Å². The molecule has 0 rings (SSSR count). The van der Waals surface area contributed by atoms with Gasteiger partial charge in [0.1, 0.15) is 0 Å². The summed E-state index contributed by atoms with van der Waals surface area (Å²) in [5, 5.41) is 0. The molecule has 0 saturated heterocycles. The third-order valence-corrected chi connectivity index (χ3v) is 13.3. The predicted octanol–water partition coefficient (Wildman–Crippen LogP) is 0.172. The van der Waals surface area contributed by atoms with Crippen molar-refractivity contribution in [2.45, 2.75) is 0 Å². The Labute approximate surface area is 656 Å². The van der Waals surface area contributed by atoms with Gasteiger partial charge in [-0.2, -0.15) is 0 Å². The van der Waals surface area contributed by atoms with Gasteiger partial charge in [-0.15, -0.1) is 0 Å². The highest BCUT2D eigenvalue weighted by Crippen LogP contribution is 1.94. The quantitative estimate of drug-likeness (QED) is 0.0793. The third-order valence-electron chi connectivity index (χ3n) is 13.3. The van der Waals surface area contributed by atoms with Gasteiger partial charge in [-0.1, -0.05) is 0 Å². The number of methoxy groups -OCH3 is 1. The summed E-state index contributed by atoms with van der Waals surface area (Å²) >= 11 is 0. The summed E-state index contributed by atoms with van der Waals surface area (Å²) in [4.78, 5) is 0. The lowest BCUT2D eigenvalue weighted by molar-refractivity contribution is -0.0327. The molecule has 0 heterocycles. The smallest absolute Gasteiger partial charge is 0.0701 e. The number of hydrogen-bond donors (Lipinski definition) is 1. The van der Waals surface area contributed by atoms with Gasteiger partial charge in [0, 0.05) is 13.7 Å². The maximum atomic E-state index is 5.54. The lowest BCUT2D eigenvalue weighted by atomic mass is 10.6. The van der Waals surface area contributed by atoms with Crippen LogP contribution in [0.3, 0.4) is 0 Å². The van der Waals surface area contributed by atoms with Crippen LogP contribution >= 0.6 is 0 Å². The lowest BCUT2D eigenvalue weighted by Gasteiger charge is -2.09. The fraction of sp³-hybridized carbons (Fsp3) is 1.00. The highest BCUT2D eigenvalue weighted by Gasteiger charge is 2.04. The molecule has 2 N–H and O–H groups in total. The standard InChI is InChI=1S/C73H149NO36/c1-75-4-5-77-8-9-79-12-13-81-16-17-83-20-21-85-24-25-87-28-29-89-32-33-91-36-37-93-40-41-95-44-45-97-48-49-99-52-53-101-56-57-103-60-61-105-64-65-107-68-69-109-72-73-110-71-70-108-67-66-106-63-62-104-59-58-102-55-54-100-51-50-98-47-46-96-43-42-94-39-38-92-35-34-90-31-30-88-27-26-86-23-22-84-19-18-82-15-14-80-11-10-78-7-6-76-3-2-74/h2-74H2,1H3. The monoisotopic (exact) mass is 1620 g/mol. The van der Waals surface area contributed by atoms with Crippen LogP contribution in [0.4, 0.5) is 0 Å². The molecule has 0 aliphatic rings. The topological polar surface area (TPSA) is 358 Å². The number of nitrogens with two attached hydrogens (primary N) is 1. The molecule has 37 nitrogen and oxygen atoms in total. The molecular formula is C73H149NO36. The molecular weight excluding hydrogens is 1470 g/mol. The van der Waals surface area contributed by atoms with E-state index in [0.29, 0.717) is 476 Å². The van der Waals surface area contributed by atoms with E-state index in [2.05, 4.69) is 0 Å². The first kappa shape index (κ1) is 109. The Morgan fingerprint density at radius 3 is 0.200 bits per heavy atom. The summed E-state index contributed by atoms with van der Waals surface area (Å²) in [6.07, 6.45) is 0. The average molecular weight is 1620 g/mol. The molecule has 0 radical (unpaired) electrons. The van der Waals surface area contributed by atoms with Gasteiger partial charge in [0.25, 0.3) is 0 Å². The van der Waals surface area contributed by atoms with Gasteiger partial charge in [0.15, 0.2) is 0 Å². The maximum Gasteiger partial charge on any atom is 0.0701 e. The van der Waals surface area contributed by atoms with Crippen LogP contribution < -0.4 is 5.73 Å². The van der Waals surface area contributed by atoms with Crippen molar-refractivity contribution in [3.63, 3.8) is 0 Å². The molecule has 0 saturated carbocycles. The van der Waals surface area contributed by atoms with E-state index < -0.39 is 0 Å². The molecule has 0 amide bonds. The van der Waals surface area contributed by atoms with Crippen molar-refractivity contribution >= 4 is 0 Å². The highest BCUT2D eigenvalue weighted by atomic mass is 16.6. The maximum absolute atomic E-state index is 5.54. The summed E-state index contributed by atoms with van der Waals surface area (Å²) in [5.74, 6) is 0. The second kappa shape index (κ2) is 108. The van der Waals surface area contributed by atoms with Crippen LogP contribution in [-0.4, -0.2) is 483 Å². The number of hydrogen-bond acceptors (Lipinski definition) is 37. The fourth-order valence-electron chi connectivity index (χ4n) is 7.80. The molecule has 0 spiro atoms. The molecule has 37 heteroatoms. The molecule has 0 unspecified atom stereocenters. The van der Waals surface area contributed by atoms with E-state index in [1.54, 1.807) is 7.11 Å². The van der Waals surface area contributed by atoms with Crippen LogP contribution in [0.5, 0.6) is 0 Å². The zero-order valence-corrected chi connectivity index (χ0v) is 67.2. The minimum Gasteiger partial charge on any atom is -0.382 e. The van der Waals surface area contributed by atoms with Gasteiger partial charge < -0.3 is 176 Å². The molecule has 110 heavy (non-hydrogen) atoms. The molecule has 0 aliphatic carbocycles. The molecule has 0 aromatic heterocycles. The normalized spacial score (nSPS) is 11.8. The van der Waals surface area contributed by atoms with E-state index in [4.69, 9.17) is 176 Å². The van der Waals surface area contributed by atoms with Crippen molar-refractivity contribution in [3.05, 3.63) is 0 Å². The highest BCUT2D eigenvalue weighted by molar-refractivity contribution is 4.46. The van der Waals surface area contributed by atoms with E-state index in [1.165, 1.54) is 0 Å². The van der Waals surface area contributed by atoms with Gasteiger partial charge in [-0.05, 0) is 0 Å². The summed E-state index contributed by atoms with van der Waals surface area (Å²) in [5.41, 5.74) is 5.35. The van der Waals surface area contributed by atoms with Crippen molar-refractivity contribution in [3.8, 4) is 0 Å². The van der Waals surface area contributed by atoms with E-state index in [0.717, 1.165) is 0 Å². The molecule has 0 aliphatic heterocycles. The van der Waals surface area contributed by atoms with Crippen LogP contribution in [0, 0.1) is 0 Å². The average Bonchev–Trinajstić information content (AvgIpc) is 3.58. The van der Waals surface area contributed by atoms with Crippen molar-refractivity contribution in [1.82, 2.24) is 0 Å². The van der Waals surface area contributed by atoms with Crippen LogP contribution in [0.2, 0.25) is 0 Å². The first-order valence-corrected chi connectivity index (χ1v) is 39.3. The summed E-state index contributed by atoms with van der Waals surface area (Å²) in [7, 11) is 1.64. The molecule has 662 valence electrons. The minimum absolute atomic E-state index is 0.477. The molecule has 0 atom stereocenters. The summed E-state index contributed by atoms with van der Waals surface area (Å²) in [6.45, 7) is 35.5. The second-order valence-corrected chi connectivity index (χ2v) is 22.2. The first-order chi connectivity index (χ1) is 54.9. The van der Waals surface area contributed by atoms with Gasteiger partial charge in [-0.3, -0.25) is 0 Å². The third kappa shape index (κ3) is 107. The first-order valence-electron chi connectivity index (χ1n) is 39.3. The Hall–Kier alpha value is -1.48. The largest absolute Gasteiger partial charge is 0.382 e. The van der Waals surface area contributed by atoms with Gasteiger partial charge in [-0.25, -0.2) is 0 Å². The Bertz CT molecular complexity index is 1440. The van der Waals surface area contributed by atoms with E-state index in [9.17, 15) is 0 Å². The Morgan fingerprint density at radius 2 is 0.145 bits per heavy atom. The zero-order valence-electron chi connectivity index (χ0n) is 67.2. The molecule has 0 aromatic rings. The van der Waals surface area contributed by atoms with Gasteiger partial charge in [0.05, 0.1) is 469 Å². The lowest BCUT2D eigenvalue weighted by Crippen LogP contribution is -2.16. The predicted molar refractivity (Wildman–Crippen MR) is 400 cm³/mol. The Morgan fingerprint density at radius 1 is 0.0909 bits per heavy atom. The molecule has 0 fully saturated rings. The molecule has 0 bridgehead atoms. The van der Waals surface area contributed by atoms with Crippen molar-refractivity contribution in [2.75, 3.05) is 483 Å². The van der Waals surface area contributed by atoms with Gasteiger partial charge >= 0.3 is 0 Å². The van der Waals surface area contributed by atoms with E-state index in [1.807, 2.05) is 0 Å². The summed E-state index contributed by atoms with van der Waals surface area (Å²) < 4.78 is 197. The van der Waals surface area contributed by atoms with Gasteiger partial charge in [0.2, 0.25) is 0 Å². The fourth-order valence-corrected chi connectivity index (χ4v) is 7.80. The van der Waals surface area contributed by atoms with Crippen molar-refractivity contribution in [2.24, 2.45) is 5.73 Å². The minimum atomic E-state index is 0.477. The Balaban J connectivity index is 3.10. The molecule has 0 aromatic carbocycles. The second-order valence-electron chi connectivity index (χ2n) is 22.2.